The Kier molecular flexibility index (Phi) is 3.49. The normalized spacial score (nSPS) is 20.8. The van der Waals surface area contributed by atoms with Gasteiger partial charge in [-0.2, -0.15) is 0 Å². The molecular formula is C12H13F2NO2. The molecule has 1 N–H and O–H groups in total. The number of β-amino-alcohol motifs (C(OH)–C–C–N with tert-alkyl or cyclic N) is 1. The lowest BCUT2D eigenvalue weighted by Gasteiger charge is -2.13. The SMILES string of the molecule is O=C(CN1CC[C@@H](O)C1)c1ccc(F)cc1F. The first-order chi connectivity index (χ1) is 8.06. The van der Waals surface area contributed by atoms with Crippen LogP contribution in [0.25, 0.3) is 0 Å². The number of benzene rings is 1. The number of Topliss-reactive ketones (excluding diaryl/α,β-unsaturated/α-hetero) is 1. The number of hydrogen-bond acceptors (Lipinski definition) is 3. The Hall–Kier alpha value is -1.33. The first-order valence-corrected chi connectivity index (χ1v) is 5.45. The van der Waals surface area contributed by atoms with Gasteiger partial charge in [0.25, 0.3) is 0 Å². The van der Waals surface area contributed by atoms with Crippen LogP contribution in [0.3, 0.4) is 0 Å². The zero-order chi connectivity index (χ0) is 12.4. The number of likely N-dealkylation sites (tertiary alicyclic amines) is 1. The Bertz CT molecular complexity index is 437. The minimum atomic E-state index is -0.838. The van der Waals surface area contributed by atoms with Crippen LogP contribution < -0.4 is 0 Å². The highest BCUT2D eigenvalue weighted by molar-refractivity contribution is 5.97. The number of carbonyl (C=O) groups is 1. The molecule has 2 rings (SSSR count). The van der Waals surface area contributed by atoms with Crippen LogP contribution in [0.1, 0.15) is 16.8 Å². The lowest BCUT2D eigenvalue weighted by Crippen LogP contribution is -2.29. The number of rotatable bonds is 3. The maximum absolute atomic E-state index is 13.3. The van der Waals surface area contributed by atoms with Crippen LogP contribution in [0.4, 0.5) is 8.78 Å². The predicted molar refractivity (Wildman–Crippen MR) is 57.8 cm³/mol. The van der Waals surface area contributed by atoms with Crippen LogP contribution in [0, 0.1) is 11.6 Å². The Labute approximate surface area is 97.7 Å². The summed E-state index contributed by atoms with van der Waals surface area (Å²) in [6, 6.07) is 2.92. The zero-order valence-corrected chi connectivity index (χ0v) is 9.20. The maximum Gasteiger partial charge on any atom is 0.179 e. The molecule has 0 aromatic heterocycles. The van der Waals surface area contributed by atoms with Crippen molar-refractivity contribution in [2.45, 2.75) is 12.5 Å². The van der Waals surface area contributed by atoms with Gasteiger partial charge in [0.2, 0.25) is 0 Å². The molecule has 92 valence electrons. The van der Waals surface area contributed by atoms with Gasteiger partial charge in [0, 0.05) is 19.2 Å². The molecule has 0 radical (unpaired) electrons. The molecule has 1 aliphatic heterocycles. The highest BCUT2D eigenvalue weighted by Gasteiger charge is 2.23. The van der Waals surface area contributed by atoms with Gasteiger partial charge in [-0.1, -0.05) is 0 Å². The second kappa shape index (κ2) is 4.89. The number of aliphatic hydroxyl groups excluding tert-OH is 1. The van der Waals surface area contributed by atoms with E-state index in [1.807, 2.05) is 0 Å². The summed E-state index contributed by atoms with van der Waals surface area (Å²) >= 11 is 0. The summed E-state index contributed by atoms with van der Waals surface area (Å²) in [5.74, 6) is -1.93. The van der Waals surface area contributed by atoms with Gasteiger partial charge >= 0.3 is 0 Å². The topological polar surface area (TPSA) is 40.5 Å². The van der Waals surface area contributed by atoms with Gasteiger partial charge in [0.15, 0.2) is 5.78 Å². The summed E-state index contributed by atoms with van der Waals surface area (Å²) in [5, 5.41) is 9.30. The van der Waals surface area contributed by atoms with Crippen molar-refractivity contribution in [3.8, 4) is 0 Å². The van der Waals surface area contributed by atoms with Gasteiger partial charge in [-0.05, 0) is 18.6 Å². The lowest BCUT2D eigenvalue weighted by molar-refractivity contribution is 0.0931. The van der Waals surface area contributed by atoms with Gasteiger partial charge in [0.1, 0.15) is 11.6 Å². The molecule has 1 aliphatic rings. The third-order valence-corrected chi connectivity index (χ3v) is 2.85. The number of halogens is 2. The number of nitrogens with zero attached hydrogens (tertiary/aromatic N) is 1. The summed E-state index contributed by atoms with van der Waals surface area (Å²) < 4.78 is 26.0. The van der Waals surface area contributed by atoms with E-state index in [1.54, 1.807) is 4.90 Å². The highest BCUT2D eigenvalue weighted by atomic mass is 19.1. The predicted octanol–water partition coefficient (Wildman–Crippen LogP) is 1.21. The number of hydrogen-bond donors (Lipinski definition) is 1. The highest BCUT2D eigenvalue weighted by Crippen LogP contribution is 2.13. The molecule has 1 heterocycles. The monoisotopic (exact) mass is 241 g/mol. The fourth-order valence-electron chi connectivity index (χ4n) is 1.96. The van der Waals surface area contributed by atoms with Crippen molar-refractivity contribution in [1.29, 1.82) is 0 Å². The molecule has 0 spiro atoms. The Morgan fingerprint density at radius 2 is 2.24 bits per heavy atom. The molecule has 17 heavy (non-hydrogen) atoms. The molecule has 1 aromatic carbocycles. The molecule has 3 nitrogen and oxygen atoms in total. The molecule has 0 unspecified atom stereocenters. The lowest BCUT2D eigenvalue weighted by atomic mass is 10.1. The molecule has 1 aromatic rings. The molecule has 0 amide bonds. The molecule has 0 aliphatic carbocycles. The molecular weight excluding hydrogens is 228 g/mol. The van der Waals surface area contributed by atoms with Gasteiger partial charge < -0.3 is 5.11 Å². The van der Waals surface area contributed by atoms with Gasteiger partial charge in [-0.25, -0.2) is 8.78 Å². The van der Waals surface area contributed by atoms with Gasteiger partial charge in [0.05, 0.1) is 18.2 Å². The Balaban J connectivity index is 2.04. The van der Waals surface area contributed by atoms with Crippen molar-refractivity contribution < 1.29 is 18.7 Å². The number of carbonyl (C=O) groups excluding carboxylic acids is 1. The van der Waals surface area contributed by atoms with Crippen molar-refractivity contribution in [1.82, 2.24) is 4.90 Å². The largest absolute Gasteiger partial charge is 0.392 e. The summed E-state index contributed by atoms with van der Waals surface area (Å²) in [6.45, 7) is 1.10. The molecule has 1 fully saturated rings. The molecule has 5 heteroatoms. The van der Waals surface area contributed by atoms with Gasteiger partial charge in [-0.15, -0.1) is 0 Å². The third kappa shape index (κ3) is 2.87. The van der Waals surface area contributed by atoms with E-state index in [-0.39, 0.29) is 12.1 Å². The minimum Gasteiger partial charge on any atom is -0.392 e. The summed E-state index contributed by atoms with van der Waals surface area (Å²) in [4.78, 5) is 13.5. The van der Waals surface area contributed by atoms with E-state index in [0.717, 1.165) is 12.1 Å². The van der Waals surface area contributed by atoms with Crippen LogP contribution in [0.5, 0.6) is 0 Å². The van der Waals surface area contributed by atoms with Crippen molar-refractivity contribution in [3.05, 3.63) is 35.4 Å². The number of aliphatic hydroxyl groups is 1. The quantitative estimate of drug-likeness (QED) is 0.809. The van der Waals surface area contributed by atoms with Crippen molar-refractivity contribution in [3.63, 3.8) is 0 Å². The van der Waals surface area contributed by atoms with Crippen LogP contribution in [0.2, 0.25) is 0 Å². The second-order valence-electron chi connectivity index (χ2n) is 4.22. The average Bonchev–Trinajstić information content (AvgIpc) is 2.63. The zero-order valence-electron chi connectivity index (χ0n) is 9.20. The fourth-order valence-corrected chi connectivity index (χ4v) is 1.96. The number of ketones is 1. The first kappa shape index (κ1) is 12.1. The molecule has 0 bridgehead atoms. The molecule has 1 atom stereocenters. The molecule has 0 saturated carbocycles. The summed E-state index contributed by atoms with van der Waals surface area (Å²) in [6.07, 6.45) is 0.208. The van der Waals surface area contributed by atoms with Crippen molar-refractivity contribution in [2.75, 3.05) is 19.6 Å². The fraction of sp³-hybridized carbons (Fsp3) is 0.417. The first-order valence-electron chi connectivity index (χ1n) is 5.45. The minimum absolute atomic E-state index is 0.0552. The van der Waals surface area contributed by atoms with Crippen LogP contribution in [-0.2, 0) is 0 Å². The summed E-state index contributed by atoms with van der Waals surface area (Å²) in [7, 11) is 0. The van der Waals surface area contributed by atoms with Crippen molar-refractivity contribution in [2.24, 2.45) is 0 Å². The summed E-state index contributed by atoms with van der Waals surface area (Å²) in [5.41, 5.74) is -0.104. The van der Waals surface area contributed by atoms with Crippen LogP contribution >= 0.6 is 0 Å². The van der Waals surface area contributed by atoms with E-state index in [1.165, 1.54) is 0 Å². The van der Waals surface area contributed by atoms with Gasteiger partial charge in [-0.3, -0.25) is 9.69 Å². The van der Waals surface area contributed by atoms with E-state index in [2.05, 4.69) is 0 Å². The maximum atomic E-state index is 13.3. The van der Waals surface area contributed by atoms with E-state index in [9.17, 15) is 18.7 Å². The second-order valence-corrected chi connectivity index (χ2v) is 4.22. The van der Waals surface area contributed by atoms with E-state index in [4.69, 9.17) is 0 Å². The van der Waals surface area contributed by atoms with E-state index >= 15 is 0 Å². The van der Waals surface area contributed by atoms with E-state index < -0.39 is 23.5 Å². The van der Waals surface area contributed by atoms with Crippen LogP contribution in [-0.4, -0.2) is 41.5 Å². The van der Waals surface area contributed by atoms with Crippen molar-refractivity contribution >= 4 is 5.78 Å². The smallest absolute Gasteiger partial charge is 0.179 e. The van der Waals surface area contributed by atoms with E-state index in [0.29, 0.717) is 25.6 Å². The Morgan fingerprint density at radius 1 is 1.47 bits per heavy atom. The Morgan fingerprint density at radius 3 is 2.82 bits per heavy atom. The average molecular weight is 241 g/mol. The standard InChI is InChI=1S/C12H13F2NO2/c13-8-1-2-10(11(14)5-8)12(17)7-15-4-3-9(16)6-15/h1-2,5,9,16H,3-4,6-7H2/t9-/m1/s1. The third-order valence-electron chi connectivity index (χ3n) is 2.85. The molecule has 1 saturated heterocycles. The van der Waals surface area contributed by atoms with Crippen LogP contribution in [0.15, 0.2) is 18.2 Å².